The average Bonchev–Trinajstić information content (AvgIpc) is 3.12. The number of amides is 1. The van der Waals surface area contributed by atoms with Gasteiger partial charge in [-0.2, -0.15) is 0 Å². The van der Waals surface area contributed by atoms with Gasteiger partial charge in [-0.05, 0) is 48.4 Å². The summed E-state index contributed by atoms with van der Waals surface area (Å²) in [6.45, 7) is 3.93. The lowest BCUT2D eigenvalue weighted by Crippen LogP contribution is -2.32. The molecular formula is C23H23Cl3N2O. The first-order chi connectivity index (χ1) is 14.0. The molecule has 0 atom stereocenters. The average molecular weight is 450 g/mol. The third-order valence-electron chi connectivity index (χ3n) is 4.75. The van der Waals surface area contributed by atoms with E-state index in [1.54, 1.807) is 18.2 Å². The van der Waals surface area contributed by atoms with Gasteiger partial charge in [0.05, 0.1) is 6.54 Å². The molecule has 1 aromatic heterocycles. The van der Waals surface area contributed by atoms with Gasteiger partial charge in [0.1, 0.15) is 0 Å². The monoisotopic (exact) mass is 448 g/mol. The molecular weight excluding hydrogens is 427 g/mol. The Hall–Kier alpha value is -1.94. The minimum Gasteiger partial charge on any atom is -0.345 e. The highest BCUT2D eigenvalue weighted by Gasteiger charge is 2.18. The summed E-state index contributed by atoms with van der Waals surface area (Å²) in [5.41, 5.74) is 2.59. The van der Waals surface area contributed by atoms with Gasteiger partial charge >= 0.3 is 0 Å². The van der Waals surface area contributed by atoms with Crippen molar-refractivity contribution < 1.29 is 4.79 Å². The van der Waals surface area contributed by atoms with Crippen LogP contribution < -0.4 is 0 Å². The highest BCUT2D eigenvalue weighted by Crippen LogP contribution is 2.22. The molecule has 1 amide bonds. The van der Waals surface area contributed by atoms with Crippen molar-refractivity contribution in [3.8, 4) is 0 Å². The topological polar surface area (TPSA) is 25.2 Å². The predicted octanol–water partition coefficient (Wildman–Crippen LogP) is 6.94. The van der Waals surface area contributed by atoms with E-state index in [1.807, 2.05) is 47.5 Å². The number of nitrogens with zero attached hydrogens (tertiary/aromatic N) is 2. The quantitative estimate of drug-likeness (QED) is 0.365. The second kappa shape index (κ2) is 10.2. The predicted molar refractivity (Wildman–Crippen MR) is 121 cm³/mol. The summed E-state index contributed by atoms with van der Waals surface area (Å²) < 4.78 is 2.12. The van der Waals surface area contributed by atoms with Crippen LogP contribution in [0, 0.1) is 0 Å². The van der Waals surface area contributed by atoms with Crippen LogP contribution in [0.1, 0.15) is 41.4 Å². The summed E-state index contributed by atoms with van der Waals surface area (Å²) >= 11 is 18.5. The molecule has 3 aromatic rings. The Kier molecular flexibility index (Phi) is 7.65. The molecule has 3 nitrogen and oxygen atoms in total. The summed E-state index contributed by atoms with van der Waals surface area (Å²) in [7, 11) is 0. The Morgan fingerprint density at radius 3 is 2.41 bits per heavy atom. The molecule has 29 heavy (non-hydrogen) atoms. The zero-order chi connectivity index (χ0) is 20.8. The smallest absolute Gasteiger partial charge is 0.254 e. The number of aromatic nitrogens is 1. The number of halogens is 3. The number of carbonyl (C=O) groups excluding carboxylic acids is 1. The summed E-state index contributed by atoms with van der Waals surface area (Å²) in [4.78, 5) is 15.0. The van der Waals surface area contributed by atoms with Gasteiger partial charge in [0, 0.05) is 45.6 Å². The lowest BCUT2D eigenvalue weighted by Gasteiger charge is -2.24. The summed E-state index contributed by atoms with van der Waals surface area (Å²) in [5, 5.41) is 1.65. The largest absolute Gasteiger partial charge is 0.345 e. The molecule has 0 bridgehead atoms. The van der Waals surface area contributed by atoms with Crippen molar-refractivity contribution in [2.24, 2.45) is 0 Å². The molecule has 0 fully saturated rings. The molecule has 152 valence electrons. The van der Waals surface area contributed by atoms with Crippen molar-refractivity contribution in [1.29, 1.82) is 0 Å². The fraction of sp³-hybridized carbons (Fsp3) is 0.261. The Labute approximate surface area is 186 Å². The lowest BCUT2D eigenvalue weighted by molar-refractivity contribution is 0.0737. The summed E-state index contributed by atoms with van der Waals surface area (Å²) in [6.07, 6.45) is 3.93. The molecule has 0 N–H and O–H groups in total. The second-order valence-electron chi connectivity index (χ2n) is 6.96. The first-order valence-electron chi connectivity index (χ1n) is 9.60. The van der Waals surface area contributed by atoms with Crippen LogP contribution in [0.5, 0.6) is 0 Å². The maximum atomic E-state index is 13.2. The standard InChI is InChI=1S/C23H23Cl3N2O/c1-2-3-10-28(23(29)18-12-19(24)14-20(25)13-18)16-21-8-6-11-27(21)15-17-7-4-5-9-22(17)26/h4-9,11-14H,2-3,10,15-16H2,1H3. The van der Waals surface area contributed by atoms with E-state index in [-0.39, 0.29) is 5.91 Å². The molecule has 1 heterocycles. The molecule has 3 rings (SSSR count). The van der Waals surface area contributed by atoms with Crippen LogP contribution in [-0.2, 0) is 13.1 Å². The highest BCUT2D eigenvalue weighted by atomic mass is 35.5. The number of rotatable bonds is 8. The van der Waals surface area contributed by atoms with Crippen LogP contribution in [0.15, 0.2) is 60.8 Å². The normalized spacial score (nSPS) is 10.9. The van der Waals surface area contributed by atoms with Crippen molar-refractivity contribution >= 4 is 40.7 Å². The Morgan fingerprint density at radius 1 is 1.00 bits per heavy atom. The van der Waals surface area contributed by atoms with E-state index in [0.717, 1.165) is 29.1 Å². The van der Waals surface area contributed by atoms with Crippen molar-refractivity contribution in [2.45, 2.75) is 32.9 Å². The third-order valence-corrected chi connectivity index (χ3v) is 5.56. The molecule has 0 aliphatic rings. The van der Waals surface area contributed by atoms with E-state index in [0.29, 0.717) is 35.2 Å². The minimum absolute atomic E-state index is 0.0756. The maximum absolute atomic E-state index is 13.2. The molecule has 0 radical (unpaired) electrons. The maximum Gasteiger partial charge on any atom is 0.254 e. The van der Waals surface area contributed by atoms with E-state index in [1.165, 1.54) is 0 Å². The fourth-order valence-electron chi connectivity index (χ4n) is 3.21. The molecule has 0 saturated carbocycles. The zero-order valence-corrected chi connectivity index (χ0v) is 18.5. The van der Waals surface area contributed by atoms with Gasteiger partial charge < -0.3 is 9.47 Å². The third kappa shape index (κ3) is 5.79. The van der Waals surface area contributed by atoms with Crippen LogP contribution in [0.2, 0.25) is 15.1 Å². The Balaban J connectivity index is 1.83. The number of unbranched alkanes of at least 4 members (excludes halogenated alkanes) is 1. The number of carbonyl (C=O) groups is 1. The number of benzene rings is 2. The van der Waals surface area contributed by atoms with Gasteiger partial charge in [-0.1, -0.05) is 66.3 Å². The van der Waals surface area contributed by atoms with E-state index in [4.69, 9.17) is 34.8 Å². The number of hydrogen-bond acceptors (Lipinski definition) is 1. The van der Waals surface area contributed by atoms with Crippen LogP contribution in [0.3, 0.4) is 0 Å². The highest BCUT2D eigenvalue weighted by molar-refractivity contribution is 6.35. The van der Waals surface area contributed by atoms with Crippen LogP contribution in [0.25, 0.3) is 0 Å². The van der Waals surface area contributed by atoms with E-state index in [9.17, 15) is 4.79 Å². The minimum atomic E-state index is -0.0756. The van der Waals surface area contributed by atoms with Crippen molar-refractivity contribution in [3.63, 3.8) is 0 Å². The van der Waals surface area contributed by atoms with Gasteiger partial charge in [0.15, 0.2) is 0 Å². The molecule has 0 unspecified atom stereocenters. The van der Waals surface area contributed by atoms with Gasteiger partial charge in [-0.3, -0.25) is 4.79 Å². The lowest BCUT2D eigenvalue weighted by atomic mass is 10.1. The van der Waals surface area contributed by atoms with Crippen molar-refractivity contribution in [2.75, 3.05) is 6.54 Å². The van der Waals surface area contributed by atoms with Gasteiger partial charge in [0.25, 0.3) is 5.91 Å². The molecule has 0 saturated heterocycles. The molecule has 2 aromatic carbocycles. The summed E-state index contributed by atoms with van der Waals surface area (Å²) in [5.74, 6) is -0.0756. The van der Waals surface area contributed by atoms with E-state index < -0.39 is 0 Å². The van der Waals surface area contributed by atoms with Gasteiger partial charge in [0.2, 0.25) is 0 Å². The first-order valence-corrected chi connectivity index (χ1v) is 10.7. The van der Waals surface area contributed by atoms with E-state index in [2.05, 4.69) is 11.5 Å². The van der Waals surface area contributed by atoms with Gasteiger partial charge in [-0.15, -0.1) is 0 Å². The van der Waals surface area contributed by atoms with Crippen molar-refractivity contribution in [1.82, 2.24) is 9.47 Å². The molecule has 0 spiro atoms. The molecule has 6 heteroatoms. The van der Waals surface area contributed by atoms with Gasteiger partial charge in [-0.25, -0.2) is 0 Å². The van der Waals surface area contributed by atoms with E-state index >= 15 is 0 Å². The van der Waals surface area contributed by atoms with Crippen molar-refractivity contribution in [3.05, 3.63) is 92.7 Å². The zero-order valence-electron chi connectivity index (χ0n) is 16.2. The Bertz CT molecular complexity index is 964. The Morgan fingerprint density at radius 2 is 1.72 bits per heavy atom. The van der Waals surface area contributed by atoms with Crippen LogP contribution in [0.4, 0.5) is 0 Å². The first kappa shape index (κ1) is 21.8. The molecule has 0 aliphatic carbocycles. The summed E-state index contributed by atoms with van der Waals surface area (Å²) in [6, 6.07) is 16.8. The second-order valence-corrected chi connectivity index (χ2v) is 8.24. The SMILES string of the molecule is CCCCN(Cc1cccn1Cc1ccccc1Cl)C(=O)c1cc(Cl)cc(Cl)c1. The number of hydrogen-bond donors (Lipinski definition) is 0. The van der Waals surface area contributed by atoms with Crippen LogP contribution >= 0.6 is 34.8 Å². The fourth-order valence-corrected chi connectivity index (χ4v) is 3.94. The molecule has 0 aliphatic heterocycles. The van der Waals surface area contributed by atoms with Crippen LogP contribution in [-0.4, -0.2) is 21.9 Å².